The summed E-state index contributed by atoms with van der Waals surface area (Å²) in [6.45, 7) is 1.48. The largest absolute Gasteiger partial charge is 0.482 e. The molecule has 0 fully saturated rings. The lowest BCUT2D eigenvalue weighted by Gasteiger charge is -2.08. The first kappa shape index (κ1) is 18.3. The molecule has 0 saturated carbocycles. The van der Waals surface area contributed by atoms with Crippen molar-refractivity contribution in [3.63, 3.8) is 0 Å². The van der Waals surface area contributed by atoms with Crippen LogP contribution in [0.4, 0.5) is 4.79 Å². The summed E-state index contributed by atoms with van der Waals surface area (Å²) < 4.78 is 10.1. The topological polar surface area (TPSA) is 93.7 Å². The second kappa shape index (κ2) is 9.27. The maximum Gasteiger partial charge on any atom is 0.344 e. The van der Waals surface area contributed by atoms with Gasteiger partial charge >= 0.3 is 12.0 Å². The van der Waals surface area contributed by atoms with Crippen molar-refractivity contribution < 1.29 is 23.9 Å². The molecule has 2 rings (SSSR count). The van der Waals surface area contributed by atoms with E-state index in [9.17, 15) is 14.4 Å². The summed E-state index contributed by atoms with van der Waals surface area (Å²) in [5.41, 5.74) is 0. The first-order chi connectivity index (χ1) is 12.1. The molecule has 25 heavy (non-hydrogen) atoms. The zero-order valence-corrected chi connectivity index (χ0v) is 13.9. The Hall–Kier alpha value is -3.09. The van der Waals surface area contributed by atoms with Gasteiger partial charge in [0.25, 0.3) is 5.91 Å². The summed E-state index contributed by atoms with van der Waals surface area (Å²) in [5.74, 6) is -0.871. The number of esters is 1. The first-order valence-electron chi connectivity index (χ1n) is 7.93. The summed E-state index contributed by atoms with van der Waals surface area (Å²) >= 11 is 0. The molecule has 2 aromatic rings. The molecule has 0 aromatic heterocycles. The van der Waals surface area contributed by atoms with E-state index in [4.69, 9.17) is 9.47 Å². The molecular weight excluding hydrogens is 324 g/mol. The fraction of sp³-hybridized carbons (Fsp3) is 0.278. The van der Waals surface area contributed by atoms with E-state index >= 15 is 0 Å². The van der Waals surface area contributed by atoms with Crippen molar-refractivity contribution in [1.29, 1.82) is 0 Å². The van der Waals surface area contributed by atoms with E-state index in [0.29, 0.717) is 12.3 Å². The van der Waals surface area contributed by atoms with Crippen LogP contribution in [-0.2, 0) is 14.3 Å². The third kappa shape index (κ3) is 6.14. The highest BCUT2D eigenvalue weighted by atomic mass is 16.6. The van der Waals surface area contributed by atoms with Crippen LogP contribution in [-0.4, -0.2) is 37.7 Å². The Kier molecular flexibility index (Phi) is 6.76. The van der Waals surface area contributed by atoms with Crippen LogP contribution in [0, 0.1) is 0 Å². The average molecular weight is 344 g/mol. The molecule has 0 aliphatic carbocycles. The molecule has 0 atom stereocenters. The van der Waals surface area contributed by atoms with Crippen molar-refractivity contribution in [2.24, 2.45) is 0 Å². The Labute approximate surface area is 145 Å². The number of hydrogen-bond acceptors (Lipinski definition) is 5. The van der Waals surface area contributed by atoms with Gasteiger partial charge in [0.1, 0.15) is 5.75 Å². The number of amides is 3. The Morgan fingerprint density at radius 1 is 1.00 bits per heavy atom. The summed E-state index contributed by atoms with van der Waals surface area (Å²) in [4.78, 5) is 34.3. The number of carbonyl (C=O) groups excluding carboxylic acids is 3. The molecule has 0 bridgehead atoms. The predicted molar refractivity (Wildman–Crippen MR) is 92.2 cm³/mol. The summed E-state index contributed by atoms with van der Waals surface area (Å²) in [6, 6.07) is 12.6. The van der Waals surface area contributed by atoms with Gasteiger partial charge in [-0.25, -0.2) is 9.59 Å². The van der Waals surface area contributed by atoms with E-state index < -0.39 is 24.5 Å². The predicted octanol–water partition coefficient (Wildman–Crippen LogP) is 2.00. The normalized spacial score (nSPS) is 10.1. The monoisotopic (exact) mass is 344 g/mol. The van der Waals surface area contributed by atoms with Crippen LogP contribution in [0.3, 0.4) is 0 Å². The van der Waals surface area contributed by atoms with Crippen LogP contribution >= 0.6 is 0 Å². The van der Waals surface area contributed by atoms with Gasteiger partial charge in [-0.3, -0.25) is 10.1 Å². The molecule has 0 radical (unpaired) electrons. The summed E-state index contributed by atoms with van der Waals surface area (Å²) in [7, 11) is 0. The summed E-state index contributed by atoms with van der Waals surface area (Å²) in [5, 5.41) is 6.59. The minimum Gasteiger partial charge on any atom is -0.482 e. The maximum atomic E-state index is 11.6. The lowest BCUT2D eigenvalue weighted by Crippen LogP contribution is -2.41. The zero-order valence-electron chi connectivity index (χ0n) is 13.9. The molecule has 0 aliphatic heterocycles. The Morgan fingerprint density at radius 2 is 1.76 bits per heavy atom. The number of rotatable bonds is 7. The van der Waals surface area contributed by atoms with Gasteiger partial charge < -0.3 is 14.8 Å². The van der Waals surface area contributed by atoms with Gasteiger partial charge in [-0.2, -0.15) is 0 Å². The van der Waals surface area contributed by atoms with E-state index in [-0.39, 0.29) is 6.61 Å². The molecule has 0 aliphatic rings. The molecule has 7 nitrogen and oxygen atoms in total. The standard InChI is InChI=1S/C18H20N2O5/c1-2-9-19-18(23)20-16(21)11-25-17(22)12-24-15-8-7-13-5-3-4-6-14(13)10-15/h3-8,10H,2,9,11-12H2,1H3,(H2,19,20,21,23). The molecule has 2 aromatic carbocycles. The number of benzene rings is 2. The van der Waals surface area contributed by atoms with Crippen molar-refractivity contribution in [1.82, 2.24) is 10.6 Å². The van der Waals surface area contributed by atoms with Gasteiger partial charge in [-0.1, -0.05) is 37.3 Å². The van der Waals surface area contributed by atoms with Crippen molar-refractivity contribution in [3.05, 3.63) is 42.5 Å². The van der Waals surface area contributed by atoms with Crippen LogP contribution in [0.25, 0.3) is 10.8 Å². The number of fused-ring (bicyclic) bond motifs is 1. The van der Waals surface area contributed by atoms with E-state index in [0.717, 1.165) is 17.2 Å². The number of carbonyl (C=O) groups is 3. The zero-order chi connectivity index (χ0) is 18.1. The maximum absolute atomic E-state index is 11.6. The highest BCUT2D eigenvalue weighted by Crippen LogP contribution is 2.20. The Morgan fingerprint density at radius 3 is 2.52 bits per heavy atom. The van der Waals surface area contributed by atoms with E-state index in [1.807, 2.05) is 43.3 Å². The first-order valence-corrected chi connectivity index (χ1v) is 7.93. The van der Waals surface area contributed by atoms with Gasteiger partial charge in [0.15, 0.2) is 13.2 Å². The number of hydrogen-bond donors (Lipinski definition) is 2. The number of urea groups is 1. The SMILES string of the molecule is CCCNC(=O)NC(=O)COC(=O)COc1ccc2ccccc2c1. The van der Waals surface area contributed by atoms with E-state index in [1.165, 1.54) is 0 Å². The van der Waals surface area contributed by atoms with Crippen molar-refractivity contribution in [2.45, 2.75) is 13.3 Å². The quantitative estimate of drug-likeness (QED) is 0.749. The Bertz CT molecular complexity index is 760. The second-order valence-corrected chi connectivity index (χ2v) is 5.26. The van der Waals surface area contributed by atoms with Gasteiger partial charge in [0.2, 0.25) is 0 Å². The molecule has 132 valence electrons. The molecule has 0 heterocycles. The van der Waals surface area contributed by atoms with Gasteiger partial charge in [0.05, 0.1) is 0 Å². The van der Waals surface area contributed by atoms with Gasteiger partial charge in [-0.15, -0.1) is 0 Å². The minimum absolute atomic E-state index is 0.326. The van der Waals surface area contributed by atoms with E-state index in [1.54, 1.807) is 6.07 Å². The molecule has 0 saturated heterocycles. The molecule has 0 unspecified atom stereocenters. The van der Waals surface area contributed by atoms with Gasteiger partial charge in [0, 0.05) is 6.54 Å². The van der Waals surface area contributed by atoms with Crippen molar-refractivity contribution in [2.75, 3.05) is 19.8 Å². The molecule has 2 N–H and O–H groups in total. The van der Waals surface area contributed by atoms with Crippen molar-refractivity contribution >= 4 is 28.7 Å². The smallest absolute Gasteiger partial charge is 0.344 e. The van der Waals surface area contributed by atoms with Crippen LogP contribution < -0.4 is 15.4 Å². The molecule has 0 spiro atoms. The molecule has 7 heteroatoms. The number of nitrogens with one attached hydrogen (secondary N) is 2. The lowest BCUT2D eigenvalue weighted by atomic mass is 10.1. The number of imide groups is 1. The van der Waals surface area contributed by atoms with Crippen LogP contribution in [0.2, 0.25) is 0 Å². The Balaban J connectivity index is 1.72. The highest BCUT2D eigenvalue weighted by molar-refractivity contribution is 5.95. The minimum atomic E-state index is -0.701. The fourth-order valence-electron chi connectivity index (χ4n) is 2.03. The highest BCUT2D eigenvalue weighted by Gasteiger charge is 2.11. The third-order valence-corrected chi connectivity index (χ3v) is 3.23. The van der Waals surface area contributed by atoms with Crippen LogP contribution in [0.5, 0.6) is 5.75 Å². The molecular formula is C18H20N2O5. The lowest BCUT2D eigenvalue weighted by molar-refractivity contribution is -0.150. The molecule has 3 amide bonds. The second-order valence-electron chi connectivity index (χ2n) is 5.26. The van der Waals surface area contributed by atoms with Crippen LogP contribution in [0.15, 0.2) is 42.5 Å². The average Bonchev–Trinajstić information content (AvgIpc) is 2.62. The summed E-state index contributed by atoms with van der Waals surface area (Å²) in [6.07, 6.45) is 0.753. The van der Waals surface area contributed by atoms with E-state index in [2.05, 4.69) is 10.6 Å². The van der Waals surface area contributed by atoms with Crippen molar-refractivity contribution in [3.8, 4) is 5.75 Å². The van der Waals surface area contributed by atoms with Crippen LogP contribution in [0.1, 0.15) is 13.3 Å². The fourth-order valence-corrected chi connectivity index (χ4v) is 2.03. The number of ether oxygens (including phenoxy) is 2. The van der Waals surface area contributed by atoms with Gasteiger partial charge in [-0.05, 0) is 29.3 Å². The third-order valence-electron chi connectivity index (χ3n) is 3.23.